The van der Waals surface area contributed by atoms with Crippen molar-refractivity contribution in [1.29, 1.82) is 0 Å². The van der Waals surface area contributed by atoms with Crippen LogP contribution < -0.4 is 9.42 Å². The van der Waals surface area contributed by atoms with Crippen molar-refractivity contribution in [3.63, 3.8) is 0 Å². The third-order valence-corrected chi connectivity index (χ3v) is 2.73. The molecule has 2 aromatic rings. The molecule has 0 radical (unpaired) electrons. The fourth-order valence-electron chi connectivity index (χ4n) is 1.87. The van der Waals surface area contributed by atoms with Crippen LogP contribution in [0.4, 0.5) is 0 Å². The lowest BCUT2D eigenvalue weighted by Gasteiger charge is -2.01. The Morgan fingerprint density at radius 1 is 1.28 bits per heavy atom. The van der Waals surface area contributed by atoms with Crippen molar-refractivity contribution in [2.24, 2.45) is 0 Å². The lowest BCUT2D eigenvalue weighted by atomic mass is 10.2. The Bertz CT molecular complexity index is 540. The van der Waals surface area contributed by atoms with E-state index in [-0.39, 0.29) is 0 Å². The first-order valence-electron chi connectivity index (χ1n) is 6.01. The Morgan fingerprint density at radius 3 is 2.83 bits per heavy atom. The van der Waals surface area contributed by atoms with Crippen LogP contribution in [-0.2, 0) is 13.0 Å². The summed E-state index contributed by atoms with van der Waals surface area (Å²) in [6, 6.07) is 6.07. The van der Waals surface area contributed by atoms with Gasteiger partial charge in [0.05, 0.1) is 7.11 Å². The summed E-state index contributed by atoms with van der Waals surface area (Å²) in [5.74, 6) is 0.654. The molecule has 2 aromatic heterocycles. The number of aromatic nitrogens is 3. The first-order valence-corrected chi connectivity index (χ1v) is 6.01. The molecule has 0 aliphatic carbocycles. The molecule has 0 aliphatic rings. The maximum Gasteiger partial charge on any atom is 0.278 e. The minimum Gasteiger partial charge on any atom is -0.477 e. The molecule has 0 spiro atoms. The van der Waals surface area contributed by atoms with Crippen LogP contribution in [0, 0.1) is 13.8 Å². The second kappa shape index (κ2) is 5.58. The highest BCUT2D eigenvalue weighted by Gasteiger charge is 2.08. The Kier molecular flexibility index (Phi) is 3.87. The van der Waals surface area contributed by atoms with Gasteiger partial charge in [-0.05, 0) is 31.5 Å². The van der Waals surface area contributed by atoms with E-state index >= 15 is 0 Å². The van der Waals surface area contributed by atoms with E-state index in [2.05, 4.69) is 16.1 Å². The molecule has 0 bridgehead atoms. The van der Waals surface area contributed by atoms with E-state index < -0.39 is 0 Å². The van der Waals surface area contributed by atoms with Gasteiger partial charge in [0.15, 0.2) is 12.7 Å². The summed E-state index contributed by atoms with van der Waals surface area (Å²) in [5.41, 5.74) is 3.47. The summed E-state index contributed by atoms with van der Waals surface area (Å²) in [7, 11) is 1.64. The number of hydrogen-bond donors (Lipinski definition) is 0. The van der Waals surface area contributed by atoms with Crippen molar-refractivity contribution in [2.75, 3.05) is 7.11 Å². The lowest BCUT2D eigenvalue weighted by molar-refractivity contribution is -0.754. The van der Waals surface area contributed by atoms with Gasteiger partial charge in [0.2, 0.25) is 0 Å². The molecule has 94 valence electrons. The topological polar surface area (TPSA) is 38.9 Å². The van der Waals surface area contributed by atoms with Crippen LogP contribution in [-0.4, -0.2) is 17.2 Å². The van der Waals surface area contributed by atoms with Gasteiger partial charge in [-0.25, -0.2) is 0 Å². The molecule has 2 heterocycles. The summed E-state index contributed by atoms with van der Waals surface area (Å²) in [6.45, 7) is 4.88. The van der Waals surface area contributed by atoms with Gasteiger partial charge in [-0.15, -0.1) is 0 Å². The quantitative estimate of drug-likeness (QED) is 0.767. The highest BCUT2D eigenvalue weighted by Crippen LogP contribution is 2.05. The zero-order valence-corrected chi connectivity index (χ0v) is 11.1. The van der Waals surface area contributed by atoms with E-state index in [1.54, 1.807) is 7.11 Å². The van der Waals surface area contributed by atoms with E-state index in [1.807, 2.05) is 43.1 Å². The molecule has 0 aromatic carbocycles. The maximum atomic E-state index is 5.16. The summed E-state index contributed by atoms with van der Waals surface area (Å²) in [5, 5.41) is 4.37. The molecule has 0 saturated carbocycles. The fourth-order valence-corrected chi connectivity index (χ4v) is 1.87. The fraction of sp³-hybridized carbons (Fsp3) is 0.357. The molecule has 4 nitrogen and oxygen atoms in total. The number of methoxy groups -OCH3 is 1. The average molecular weight is 244 g/mol. The van der Waals surface area contributed by atoms with Gasteiger partial charge in [0, 0.05) is 35.0 Å². The SMILES string of the molecule is COc1cc(C)c[n+](CCc2ccnc(C)c2)n1. The van der Waals surface area contributed by atoms with Gasteiger partial charge in [0.25, 0.3) is 5.88 Å². The van der Waals surface area contributed by atoms with Gasteiger partial charge in [-0.2, -0.15) is 0 Å². The summed E-state index contributed by atoms with van der Waals surface area (Å²) < 4.78 is 7.09. The number of rotatable bonds is 4. The van der Waals surface area contributed by atoms with Crippen molar-refractivity contribution in [2.45, 2.75) is 26.8 Å². The Hall–Kier alpha value is -1.97. The van der Waals surface area contributed by atoms with Gasteiger partial charge in [-0.1, -0.05) is 4.68 Å². The molecule has 0 fully saturated rings. The van der Waals surface area contributed by atoms with E-state index in [0.29, 0.717) is 5.88 Å². The zero-order chi connectivity index (χ0) is 13.0. The predicted molar refractivity (Wildman–Crippen MR) is 68.4 cm³/mol. The molecule has 0 atom stereocenters. The average Bonchev–Trinajstić information content (AvgIpc) is 2.36. The molecule has 0 unspecified atom stereocenters. The predicted octanol–water partition coefficient (Wildman–Crippen LogP) is 1.63. The molecule has 18 heavy (non-hydrogen) atoms. The van der Waals surface area contributed by atoms with Crippen molar-refractivity contribution >= 4 is 0 Å². The van der Waals surface area contributed by atoms with Crippen LogP contribution in [0.5, 0.6) is 5.88 Å². The number of ether oxygens (including phenoxy) is 1. The Balaban J connectivity index is 2.08. The molecule has 2 rings (SSSR count). The van der Waals surface area contributed by atoms with Crippen molar-refractivity contribution in [3.05, 3.63) is 47.4 Å². The number of pyridine rings is 1. The molecule has 0 amide bonds. The zero-order valence-electron chi connectivity index (χ0n) is 11.1. The Morgan fingerprint density at radius 2 is 2.11 bits per heavy atom. The molecule has 0 N–H and O–H groups in total. The highest BCUT2D eigenvalue weighted by molar-refractivity contribution is 5.15. The number of hydrogen-bond acceptors (Lipinski definition) is 3. The van der Waals surface area contributed by atoms with Crippen molar-refractivity contribution in [3.8, 4) is 5.88 Å². The third-order valence-electron chi connectivity index (χ3n) is 2.73. The molecule has 0 aliphatic heterocycles. The minimum absolute atomic E-state index is 0.654. The smallest absolute Gasteiger partial charge is 0.278 e. The second-order valence-corrected chi connectivity index (χ2v) is 4.38. The van der Waals surface area contributed by atoms with Crippen LogP contribution in [0.2, 0.25) is 0 Å². The third kappa shape index (κ3) is 3.26. The van der Waals surface area contributed by atoms with E-state index in [4.69, 9.17) is 4.74 Å². The first-order chi connectivity index (χ1) is 8.67. The summed E-state index contributed by atoms with van der Waals surface area (Å²) in [4.78, 5) is 4.19. The van der Waals surface area contributed by atoms with Crippen LogP contribution in [0.1, 0.15) is 16.8 Å². The van der Waals surface area contributed by atoms with Crippen LogP contribution in [0.25, 0.3) is 0 Å². The lowest BCUT2D eigenvalue weighted by Crippen LogP contribution is -2.39. The highest BCUT2D eigenvalue weighted by atomic mass is 16.5. The Labute approximate surface area is 107 Å². The molecular formula is C14H18N3O+. The van der Waals surface area contributed by atoms with Crippen molar-refractivity contribution < 1.29 is 9.42 Å². The van der Waals surface area contributed by atoms with E-state index in [9.17, 15) is 0 Å². The van der Waals surface area contributed by atoms with E-state index in [0.717, 1.165) is 24.2 Å². The van der Waals surface area contributed by atoms with Crippen LogP contribution in [0.15, 0.2) is 30.6 Å². The van der Waals surface area contributed by atoms with Gasteiger partial charge >= 0.3 is 0 Å². The standard InChI is InChI=1S/C14H18N3O/c1-11-8-14(18-3)16-17(10-11)7-5-13-4-6-15-12(2)9-13/h4,6,8-10H,5,7H2,1-3H3/q+1. The first kappa shape index (κ1) is 12.5. The largest absolute Gasteiger partial charge is 0.477 e. The maximum absolute atomic E-state index is 5.16. The monoisotopic (exact) mass is 244 g/mol. The van der Waals surface area contributed by atoms with Crippen molar-refractivity contribution in [1.82, 2.24) is 10.1 Å². The normalized spacial score (nSPS) is 10.4. The minimum atomic E-state index is 0.654. The number of nitrogens with zero attached hydrogens (tertiary/aromatic N) is 3. The van der Waals surface area contributed by atoms with Gasteiger partial charge in [-0.3, -0.25) is 4.98 Å². The molecular weight excluding hydrogens is 226 g/mol. The molecule has 0 saturated heterocycles. The second-order valence-electron chi connectivity index (χ2n) is 4.38. The van der Waals surface area contributed by atoms with Gasteiger partial charge in [0.1, 0.15) is 0 Å². The summed E-state index contributed by atoms with van der Waals surface area (Å²) in [6.07, 6.45) is 4.81. The van der Waals surface area contributed by atoms with Gasteiger partial charge < -0.3 is 4.74 Å². The summed E-state index contributed by atoms with van der Waals surface area (Å²) >= 11 is 0. The van der Waals surface area contributed by atoms with Crippen LogP contribution in [0.3, 0.4) is 0 Å². The van der Waals surface area contributed by atoms with E-state index in [1.165, 1.54) is 5.56 Å². The number of aryl methyl sites for hydroxylation is 4. The van der Waals surface area contributed by atoms with Crippen LogP contribution >= 0.6 is 0 Å². The molecule has 4 heteroatoms.